The van der Waals surface area contributed by atoms with Crippen LogP contribution in [0.2, 0.25) is 0 Å². The van der Waals surface area contributed by atoms with Crippen LogP contribution in [-0.2, 0) is 22.0 Å². The van der Waals surface area contributed by atoms with E-state index in [-0.39, 0.29) is 43.6 Å². The lowest BCUT2D eigenvalue weighted by atomic mass is 9.84. The van der Waals surface area contributed by atoms with Gasteiger partial charge in [0.05, 0.1) is 31.6 Å². The number of benzene rings is 1. The average molecular weight is 544 g/mol. The summed E-state index contributed by atoms with van der Waals surface area (Å²) in [5.74, 6) is 0.0847. The molecule has 0 spiro atoms. The minimum atomic E-state index is -3.59. The van der Waals surface area contributed by atoms with Crippen LogP contribution in [0.15, 0.2) is 18.2 Å². The molecule has 38 heavy (non-hydrogen) atoms. The smallest absolute Gasteiger partial charge is 0.273 e. The van der Waals surface area contributed by atoms with E-state index in [1.165, 1.54) is 11.4 Å². The van der Waals surface area contributed by atoms with Crippen LogP contribution in [0.4, 0.5) is 5.69 Å². The number of carbonyl (C=O) groups excluding carboxylic acids is 2. The number of amidine groups is 1. The normalized spacial score (nSPS) is 15.1. The fourth-order valence-electron chi connectivity index (χ4n) is 4.60. The molecule has 4 rings (SSSR count). The number of Topliss-reactive ketones (excluding diaryl/α,β-unsaturated/α-hetero) is 1. The maximum absolute atomic E-state index is 13.6. The van der Waals surface area contributed by atoms with Gasteiger partial charge in [0.1, 0.15) is 23.9 Å². The van der Waals surface area contributed by atoms with Gasteiger partial charge in [0.25, 0.3) is 5.91 Å². The van der Waals surface area contributed by atoms with Crippen LogP contribution in [0.5, 0.6) is 11.5 Å². The second kappa shape index (κ2) is 9.90. The van der Waals surface area contributed by atoms with Crippen LogP contribution in [0.25, 0.3) is 0 Å². The maximum Gasteiger partial charge on any atom is 0.273 e. The number of nitrogens with zero attached hydrogens (tertiary/aromatic N) is 3. The molecule has 11 nitrogen and oxygen atoms in total. The summed E-state index contributed by atoms with van der Waals surface area (Å²) in [6.45, 7) is 8.54. The molecular weight excluding hydrogens is 510 g/mol. The van der Waals surface area contributed by atoms with Crippen LogP contribution in [0.1, 0.15) is 65.4 Å². The maximum atomic E-state index is 13.6. The second-order valence-electron chi connectivity index (χ2n) is 10.3. The predicted octanol–water partition coefficient (Wildman–Crippen LogP) is 2.32. The summed E-state index contributed by atoms with van der Waals surface area (Å²) < 4.78 is 37.8. The molecule has 0 aliphatic carbocycles. The Bertz CT molecular complexity index is 1430. The number of ether oxygens (including phenoxy) is 2. The molecule has 2 aliphatic rings. The third-order valence-corrected chi connectivity index (χ3v) is 7.63. The van der Waals surface area contributed by atoms with Crippen molar-refractivity contribution in [3.63, 3.8) is 0 Å². The zero-order valence-corrected chi connectivity index (χ0v) is 23.3. The Morgan fingerprint density at radius 1 is 1.24 bits per heavy atom. The molecule has 0 saturated carbocycles. The van der Waals surface area contributed by atoms with Gasteiger partial charge in [0.15, 0.2) is 17.2 Å². The van der Waals surface area contributed by atoms with Crippen molar-refractivity contribution in [2.75, 3.05) is 43.9 Å². The zero-order valence-electron chi connectivity index (χ0n) is 22.5. The molecule has 2 aromatic rings. The average Bonchev–Trinajstić information content (AvgIpc) is 3.14. The second-order valence-corrected chi connectivity index (χ2v) is 12.2. The van der Waals surface area contributed by atoms with Gasteiger partial charge in [0.2, 0.25) is 10.0 Å². The van der Waals surface area contributed by atoms with Crippen molar-refractivity contribution in [3.8, 4) is 11.5 Å². The summed E-state index contributed by atoms with van der Waals surface area (Å²) in [5.41, 5.74) is 2.04. The fraction of sp³-hybridized carbons (Fsp3) is 0.462. The lowest BCUT2D eigenvalue weighted by molar-refractivity contribution is 0.0949. The molecular formula is C26H33N5O6S. The minimum absolute atomic E-state index is 0.0247. The number of carbonyl (C=O) groups is 2. The summed E-state index contributed by atoms with van der Waals surface area (Å²) >= 11 is 0. The molecule has 0 bridgehead atoms. The lowest BCUT2D eigenvalue weighted by Crippen LogP contribution is -2.38. The highest BCUT2D eigenvalue weighted by atomic mass is 32.2. The van der Waals surface area contributed by atoms with Gasteiger partial charge in [-0.3, -0.25) is 19.3 Å². The zero-order chi connectivity index (χ0) is 28.0. The Labute approximate surface area is 222 Å². The lowest BCUT2D eigenvalue weighted by Gasteiger charge is -2.34. The highest BCUT2D eigenvalue weighted by molar-refractivity contribution is 7.92. The molecule has 1 aromatic heterocycles. The van der Waals surface area contributed by atoms with Gasteiger partial charge < -0.3 is 19.7 Å². The molecule has 0 fully saturated rings. The first kappa shape index (κ1) is 27.4. The Hall–Kier alpha value is -3.67. The van der Waals surface area contributed by atoms with Crippen molar-refractivity contribution < 1.29 is 27.5 Å². The van der Waals surface area contributed by atoms with Crippen LogP contribution in [-0.4, -0.2) is 75.4 Å². The molecule has 0 radical (unpaired) electrons. The molecule has 0 unspecified atom stereocenters. The van der Waals surface area contributed by atoms with E-state index in [9.17, 15) is 18.0 Å². The van der Waals surface area contributed by atoms with Gasteiger partial charge >= 0.3 is 0 Å². The Kier molecular flexibility index (Phi) is 7.13. The summed E-state index contributed by atoms with van der Waals surface area (Å²) in [7, 11) is -2.10. The molecule has 2 aliphatic heterocycles. The third kappa shape index (κ3) is 5.04. The van der Waals surface area contributed by atoms with Crippen molar-refractivity contribution in [3.05, 3.63) is 46.3 Å². The first-order valence-corrected chi connectivity index (χ1v) is 14.2. The molecule has 0 saturated heterocycles. The van der Waals surface area contributed by atoms with E-state index in [2.05, 4.69) is 10.3 Å². The Balaban J connectivity index is 1.69. The number of hydrogen-bond acceptors (Lipinski definition) is 8. The standard InChI is InChI=1S/C26H33N5O6S/c1-7-36-20-12-16-13-30(24(27)21(16)29-22(20)25(33)28-5)14-19(32)15-10-17(26(2,3)4)23-18(11-15)31(8-9-37-23)38(6,34)35/h10-12,27H,7-9,13-14H2,1-6H3,(H,28,33). The quantitative estimate of drug-likeness (QED) is 0.507. The van der Waals surface area contributed by atoms with Crippen molar-refractivity contribution >= 4 is 33.2 Å². The van der Waals surface area contributed by atoms with Gasteiger partial charge in [-0.2, -0.15) is 0 Å². The monoisotopic (exact) mass is 543 g/mol. The molecule has 204 valence electrons. The van der Waals surface area contributed by atoms with E-state index in [4.69, 9.17) is 14.9 Å². The highest BCUT2D eigenvalue weighted by Gasteiger charge is 2.34. The first-order valence-electron chi connectivity index (χ1n) is 12.3. The van der Waals surface area contributed by atoms with Gasteiger partial charge in [-0.1, -0.05) is 20.8 Å². The van der Waals surface area contributed by atoms with Gasteiger partial charge in [-0.05, 0) is 30.5 Å². The number of pyridine rings is 1. The number of nitrogens with one attached hydrogen (secondary N) is 2. The summed E-state index contributed by atoms with van der Waals surface area (Å²) in [6.07, 6.45) is 1.13. The van der Waals surface area contributed by atoms with E-state index in [0.717, 1.165) is 11.8 Å². The SMILES string of the molecule is CCOc1cc2c(nc1C(=O)NC)C(=N)N(CC(=O)c1cc3c(c(C(C)(C)C)c1)OCCN3S(C)(=O)=O)C2. The minimum Gasteiger partial charge on any atom is -0.491 e. The number of hydrogen-bond donors (Lipinski definition) is 2. The molecule has 12 heteroatoms. The largest absolute Gasteiger partial charge is 0.491 e. The number of fused-ring (bicyclic) bond motifs is 2. The van der Waals surface area contributed by atoms with E-state index in [0.29, 0.717) is 40.6 Å². The fourth-order valence-corrected chi connectivity index (χ4v) is 5.50. The molecule has 1 amide bonds. The van der Waals surface area contributed by atoms with Crippen LogP contribution >= 0.6 is 0 Å². The van der Waals surface area contributed by atoms with Crippen molar-refractivity contribution in [1.82, 2.24) is 15.2 Å². The number of ketones is 1. The molecule has 1 aromatic carbocycles. The van der Waals surface area contributed by atoms with E-state index >= 15 is 0 Å². The third-order valence-electron chi connectivity index (χ3n) is 6.45. The topological polar surface area (TPSA) is 142 Å². The molecule has 2 N–H and O–H groups in total. The van der Waals surface area contributed by atoms with E-state index in [1.807, 2.05) is 20.8 Å². The highest BCUT2D eigenvalue weighted by Crippen LogP contribution is 2.43. The predicted molar refractivity (Wildman–Crippen MR) is 143 cm³/mol. The van der Waals surface area contributed by atoms with Gasteiger partial charge in [-0.15, -0.1) is 0 Å². The molecule has 3 heterocycles. The number of sulfonamides is 1. The summed E-state index contributed by atoms with van der Waals surface area (Å²) in [4.78, 5) is 31.9. The van der Waals surface area contributed by atoms with Crippen molar-refractivity contribution in [2.45, 2.75) is 39.7 Å². The van der Waals surface area contributed by atoms with E-state index < -0.39 is 21.3 Å². The number of rotatable bonds is 7. The number of anilines is 1. The van der Waals surface area contributed by atoms with Crippen molar-refractivity contribution in [2.24, 2.45) is 0 Å². The number of aromatic nitrogens is 1. The van der Waals surface area contributed by atoms with Crippen LogP contribution in [0, 0.1) is 5.41 Å². The number of amides is 1. The van der Waals surface area contributed by atoms with Crippen LogP contribution < -0.4 is 19.1 Å². The van der Waals surface area contributed by atoms with Gasteiger partial charge in [0, 0.05) is 30.3 Å². The first-order chi connectivity index (χ1) is 17.8. The van der Waals surface area contributed by atoms with E-state index in [1.54, 1.807) is 30.0 Å². The van der Waals surface area contributed by atoms with Crippen molar-refractivity contribution in [1.29, 1.82) is 5.41 Å². The molecule has 0 atom stereocenters. The summed E-state index contributed by atoms with van der Waals surface area (Å²) in [6, 6.07) is 4.98. The van der Waals surface area contributed by atoms with Gasteiger partial charge in [-0.25, -0.2) is 13.4 Å². The summed E-state index contributed by atoms with van der Waals surface area (Å²) in [5, 5.41) is 11.2. The Morgan fingerprint density at radius 3 is 2.55 bits per heavy atom. The van der Waals surface area contributed by atoms with Crippen LogP contribution in [0.3, 0.4) is 0 Å². The Morgan fingerprint density at radius 2 is 1.95 bits per heavy atom.